The highest BCUT2D eigenvalue weighted by molar-refractivity contribution is 9.10. The predicted octanol–water partition coefficient (Wildman–Crippen LogP) is 1.83. The van der Waals surface area contributed by atoms with Gasteiger partial charge in [-0.1, -0.05) is 0 Å². The Labute approximate surface area is 121 Å². The Morgan fingerprint density at radius 1 is 1.42 bits per heavy atom. The lowest BCUT2D eigenvalue weighted by Crippen LogP contribution is -2.50. The molecular weight excluding hydrogens is 332 g/mol. The van der Waals surface area contributed by atoms with E-state index in [1.165, 1.54) is 10.4 Å². The molecule has 1 aromatic rings. The van der Waals surface area contributed by atoms with Crippen LogP contribution in [-0.4, -0.2) is 38.0 Å². The second-order valence-electron chi connectivity index (χ2n) is 5.13. The third kappa shape index (κ3) is 3.10. The van der Waals surface area contributed by atoms with Crippen LogP contribution in [-0.2, 0) is 14.8 Å². The number of sulfonamides is 1. The lowest BCUT2D eigenvalue weighted by Gasteiger charge is -2.37. The van der Waals surface area contributed by atoms with Crippen LogP contribution in [0.15, 0.2) is 27.6 Å². The average molecular weight is 349 g/mol. The van der Waals surface area contributed by atoms with Crippen molar-refractivity contribution >= 4 is 31.6 Å². The van der Waals surface area contributed by atoms with E-state index >= 15 is 0 Å². The Bertz CT molecular complexity index is 587. The summed E-state index contributed by atoms with van der Waals surface area (Å²) >= 11 is 3.26. The van der Waals surface area contributed by atoms with E-state index in [1.54, 1.807) is 12.1 Å². The molecule has 0 spiro atoms. The number of nitrogen functional groups attached to an aromatic ring is 1. The minimum Gasteiger partial charge on any atom is -0.398 e. The van der Waals surface area contributed by atoms with Gasteiger partial charge in [-0.3, -0.25) is 0 Å². The van der Waals surface area contributed by atoms with Crippen LogP contribution in [0.4, 0.5) is 5.69 Å². The van der Waals surface area contributed by atoms with Crippen LogP contribution < -0.4 is 5.73 Å². The maximum atomic E-state index is 12.5. The molecule has 1 saturated heterocycles. The number of morpholine rings is 1. The molecule has 0 unspecified atom stereocenters. The third-order valence-electron chi connectivity index (χ3n) is 3.00. The van der Waals surface area contributed by atoms with Gasteiger partial charge in [-0.25, -0.2) is 8.42 Å². The summed E-state index contributed by atoms with van der Waals surface area (Å²) < 4.78 is 32.7. The monoisotopic (exact) mass is 348 g/mol. The van der Waals surface area contributed by atoms with Crippen LogP contribution in [0.2, 0.25) is 0 Å². The molecule has 1 aromatic carbocycles. The molecule has 2 rings (SSSR count). The van der Waals surface area contributed by atoms with Crippen molar-refractivity contribution in [2.75, 3.05) is 25.4 Å². The van der Waals surface area contributed by atoms with Crippen molar-refractivity contribution in [2.24, 2.45) is 0 Å². The zero-order valence-electron chi connectivity index (χ0n) is 10.9. The fourth-order valence-corrected chi connectivity index (χ4v) is 3.87. The second-order valence-corrected chi connectivity index (χ2v) is 7.92. The van der Waals surface area contributed by atoms with E-state index < -0.39 is 15.6 Å². The molecule has 0 bridgehead atoms. The summed E-state index contributed by atoms with van der Waals surface area (Å²) in [6, 6.07) is 4.67. The van der Waals surface area contributed by atoms with Gasteiger partial charge in [-0.2, -0.15) is 4.31 Å². The van der Waals surface area contributed by atoms with Crippen LogP contribution in [0.5, 0.6) is 0 Å². The maximum Gasteiger partial charge on any atom is 0.243 e. The minimum absolute atomic E-state index is 0.214. The molecule has 106 valence electrons. The van der Waals surface area contributed by atoms with Gasteiger partial charge in [0.2, 0.25) is 10.0 Å². The van der Waals surface area contributed by atoms with E-state index in [0.717, 1.165) is 0 Å². The number of hydrogen-bond donors (Lipinski definition) is 1. The fraction of sp³-hybridized carbons (Fsp3) is 0.500. The Kier molecular flexibility index (Phi) is 3.92. The first-order chi connectivity index (χ1) is 8.72. The average Bonchev–Trinajstić information content (AvgIpc) is 2.31. The summed E-state index contributed by atoms with van der Waals surface area (Å²) in [4.78, 5) is 0.214. The molecule has 19 heavy (non-hydrogen) atoms. The van der Waals surface area contributed by atoms with Crippen molar-refractivity contribution in [1.29, 1.82) is 0 Å². The molecule has 5 nitrogen and oxygen atoms in total. The van der Waals surface area contributed by atoms with Crippen LogP contribution in [0.3, 0.4) is 0 Å². The molecule has 0 aromatic heterocycles. The summed E-state index contributed by atoms with van der Waals surface area (Å²) in [5.74, 6) is 0. The molecule has 0 atom stereocenters. The summed E-state index contributed by atoms with van der Waals surface area (Å²) in [5.41, 5.74) is 5.69. The number of halogens is 1. The van der Waals surface area contributed by atoms with Gasteiger partial charge < -0.3 is 10.5 Å². The summed E-state index contributed by atoms with van der Waals surface area (Å²) in [7, 11) is -3.52. The summed E-state index contributed by atoms with van der Waals surface area (Å²) in [5, 5.41) is 0. The number of hydrogen-bond acceptors (Lipinski definition) is 4. The van der Waals surface area contributed by atoms with E-state index in [4.69, 9.17) is 10.5 Å². The standard InChI is InChI=1S/C12H17BrN2O3S/c1-12(2)8-15(5-6-18-12)19(16,17)9-3-4-10(13)11(14)7-9/h3-4,7H,5-6,8,14H2,1-2H3. The van der Waals surface area contributed by atoms with Crippen molar-refractivity contribution in [3.05, 3.63) is 22.7 Å². The van der Waals surface area contributed by atoms with E-state index in [9.17, 15) is 8.42 Å². The Hall–Kier alpha value is -0.630. The smallest absolute Gasteiger partial charge is 0.243 e. The Balaban J connectivity index is 2.34. The normalized spacial score (nSPS) is 20.4. The highest BCUT2D eigenvalue weighted by Crippen LogP contribution is 2.27. The van der Waals surface area contributed by atoms with Gasteiger partial charge in [-0.05, 0) is 48.0 Å². The summed E-state index contributed by atoms with van der Waals surface area (Å²) in [6.45, 7) is 4.86. The lowest BCUT2D eigenvalue weighted by molar-refractivity contribution is -0.0640. The molecule has 0 radical (unpaired) electrons. The van der Waals surface area contributed by atoms with Crippen LogP contribution in [0.1, 0.15) is 13.8 Å². The Morgan fingerprint density at radius 2 is 2.11 bits per heavy atom. The van der Waals surface area contributed by atoms with Gasteiger partial charge in [0.1, 0.15) is 0 Å². The number of anilines is 1. The van der Waals surface area contributed by atoms with E-state index in [0.29, 0.717) is 29.9 Å². The first kappa shape index (κ1) is 14.8. The minimum atomic E-state index is -3.52. The lowest BCUT2D eigenvalue weighted by atomic mass is 10.1. The molecule has 7 heteroatoms. The number of benzene rings is 1. The summed E-state index contributed by atoms with van der Waals surface area (Å²) in [6.07, 6.45) is 0. The first-order valence-corrected chi connectivity index (χ1v) is 8.15. The van der Waals surface area contributed by atoms with Gasteiger partial charge in [0.15, 0.2) is 0 Å². The van der Waals surface area contributed by atoms with Gasteiger partial charge in [0.05, 0.1) is 17.1 Å². The van der Waals surface area contributed by atoms with Gasteiger partial charge in [0.25, 0.3) is 0 Å². The largest absolute Gasteiger partial charge is 0.398 e. The topological polar surface area (TPSA) is 72.6 Å². The zero-order valence-corrected chi connectivity index (χ0v) is 13.3. The van der Waals surface area contributed by atoms with Crippen molar-refractivity contribution in [2.45, 2.75) is 24.3 Å². The molecule has 1 aliphatic heterocycles. The van der Waals surface area contributed by atoms with Crippen molar-refractivity contribution in [1.82, 2.24) is 4.31 Å². The molecule has 2 N–H and O–H groups in total. The highest BCUT2D eigenvalue weighted by atomic mass is 79.9. The fourth-order valence-electron chi connectivity index (χ4n) is 2.01. The Morgan fingerprint density at radius 3 is 2.68 bits per heavy atom. The van der Waals surface area contributed by atoms with E-state index in [1.807, 2.05) is 13.8 Å². The van der Waals surface area contributed by atoms with Gasteiger partial charge >= 0.3 is 0 Å². The number of ether oxygens (including phenoxy) is 1. The van der Waals surface area contributed by atoms with Crippen molar-refractivity contribution in [3.63, 3.8) is 0 Å². The number of rotatable bonds is 2. The first-order valence-electron chi connectivity index (χ1n) is 5.91. The zero-order chi connectivity index (χ0) is 14.3. The maximum absolute atomic E-state index is 12.5. The molecule has 0 amide bonds. The molecule has 1 heterocycles. The van der Waals surface area contributed by atoms with Gasteiger partial charge in [0, 0.05) is 23.2 Å². The molecule has 0 saturated carbocycles. The molecular formula is C12H17BrN2O3S. The third-order valence-corrected chi connectivity index (χ3v) is 5.56. The van der Waals surface area contributed by atoms with Crippen molar-refractivity contribution < 1.29 is 13.2 Å². The quantitative estimate of drug-likeness (QED) is 0.827. The number of nitrogens with zero attached hydrogens (tertiary/aromatic N) is 1. The van der Waals surface area contributed by atoms with E-state index in [2.05, 4.69) is 15.9 Å². The molecule has 0 aliphatic carbocycles. The highest BCUT2D eigenvalue weighted by Gasteiger charge is 2.34. The van der Waals surface area contributed by atoms with Crippen molar-refractivity contribution in [3.8, 4) is 0 Å². The SMILES string of the molecule is CC1(C)CN(S(=O)(=O)c2ccc(Br)c(N)c2)CCO1. The predicted molar refractivity (Wildman–Crippen MR) is 77.3 cm³/mol. The number of nitrogens with two attached hydrogens (primary N) is 1. The van der Waals surface area contributed by atoms with Gasteiger partial charge in [-0.15, -0.1) is 0 Å². The van der Waals surface area contributed by atoms with Crippen LogP contribution >= 0.6 is 15.9 Å². The van der Waals surface area contributed by atoms with Crippen LogP contribution in [0, 0.1) is 0 Å². The van der Waals surface area contributed by atoms with E-state index in [-0.39, 0.29) is 4.90 Å². The second kappa shape index (κ2) is 5.05. The van der Waals surface area contributed by atoms with Crippen LogP contribution in [0.25, 0.3) is 0 Å². The molecule has 1 aliphatic rings. The molecule has 1 fully saturated rings.